The van der Waals surface area contributed by atoms with Gasteiger partial charge < -0.3 is 5.32 Å². The monoisotopic (exact) mass is 342 g/mol. The minimum Gasteiger partial charge on any atom is -0.313 e. The van der Waals surface area contributed by atoms with Crippen LogP contribution in [0.25, 0.3) is 0 Å². The number of halogens is 1. The second-order valence-electron chi connectivity index (χ2n) is 5.89. The molecule has 2 unspecified atom stereocenters. The number of hydrogen-bond acceptors (Lipinski definition) is 3. The molecule has 0 bridgehead atoms. The van der Waals surface area contributed by atoms with Gasteiger partial charge in [0.2, 0.25) is 0 Å². The van der Waals surface area contributed by atoms with Crippen molar-refractivity contribution in [3.63, 3.8) is 0 Å². The first kappa shape index (κ1) is 15.3. The number of pyridine rings is 1. The van der Waals surface area contributed by atoms with Gasteiger partial charge in [-0.15, -0.1) is 11.8 Å². The van der Waals surface area contributed by atoms with Crippen LogP contribution < -0.4 is 5.32 Å². The van der Waals surface area contributed by atoms with Crippen LogP contribution in [0.2, 0.25) is 0 Å². The first-order chi connectivity index (χ1) is 9.03. The molecule has 0 amide bonds. The fraction of sp³-hybridized carbons (Fsp3) is 0.667. The molecule has 1 aliphatic carbocycles. The number of nitrogens with zero attached hydrogens (tertiary/aromatic N) is 1. The predicted molar refractivity (Wildman–Crippen MR) is 86.7 cm³/mol. The van der Waals surface area contributed by atoms with E-state index in [1.165, 1.54) is 19.3 Å². The number of nitrogens with one attached hydrogen (secondary N) is 1. The van der Waals surface area contributed by atoms with Crippen LogP contribution in [-0.4, -0.2) is 22.8 Å². The Balaban J connectivity index is 2.10. The molecule has 1 aromatic rings. The minimum absolute atomic E-state index is 0.376. The Hall–Kier alpha value is -0.0600. The molecule has 0 radical (unpaired) electrons. The summed E-state index contributed by atoms with van der Waals surface area (Å²) >= 11 is 5.37. The van der Waals surface area contributed by atoms with Gasteiger partial charge in [-0.2, -0.15) is 0 Å². The van der Waals surface area contributed by atoms with E-state index >= 15 is 0 Å². The van der Waals surface area contributed by atoms with Crippen LogP contribution in [0, 0.1) is 5.41 Å². The van der Waals surface area contributed by atoms with E-state index in [2.05, 4.69) is 59.1 Å². The SMILES string of the molecule is CCNC1C(Sc2ccc(Br)cn2)CCCC1(C)C. The normalized spacial score (nSPS) is 26.3. The van der Waals surface area contributed by atoms with Crippen LogP contribution in [0.1, 0.15) is 40.0 Å². The van der Waals surface area contributed by atoms with E-state index in [0.717, 1.165) is 16.0 Å². The van der Waals surface area contributed by atoms with Crippen LogP contribution in [0.4, 0.5) is 0 Å². The fourth-order valence-corrected chi connectivity index (χ4v) is 4.62. The maximum atomic E-state index is 4.50. The smallest absolute Gasteiger partial charge is 0.0963 e. The Morgan fingerprint density at radius 1 is 1.47 bits per heavy atom. The first-order valence-corrected chi connectivity index (χ1v) is 8.72. The third-order valence-corrected chi connectivity index (χ3v) is 5.68. The number of hydrogen-bond donors (Lipinski definition) is 1. The predicted octanol–water partition coefficient (Wildman–Crippen LogP) is 4.49. The summed E-state index contributed by atoms with van der Waals surface area (Å²) in [4.78, 5) is 4.50. The molecule has 0 spiro atoms. The van der Waals surface area contributed by atoms with Crippen molar-refractivity contribution in [1.29, 1.82) is 0 Å². The molecule has 1 fully saturated rings. The number of rotatable bonds is 4. The second kappa shape index (κ2) is 6.59. The summed E-state index contributed by atoms with van der Waals surface area (Å²) in [6, 6.07) is 4.76. The second-order valence-corrected chi connectivity index (χ2v) is 8.06. The summed E-state index contributed by atoms with van der Waals surface area (Å²) < 4.78 is 1.05. The fourth-order valence-electron chi connectivity index (χ4n) is 2.93. The molecule has 1 saturated carbocycles. The molecule has 0 aromatic carbocycles. The molecule has 1 aromatic heterocycles. The maximum absolute atomic E-state index is 4.50. The summed E-state index contributed by atoms with van der Waals surface area (Å²) in [7, 11) is 0. The molecular formula is C15H23BrN2S. The summed E-state index contributed by atoms with van der Waals surface area (Å²) in [6.45, 7) is 8.02. The van der Waals surface area contributed by atoms with Crippen LogP contribution in [0.5, 0.6) is 0 Å². The van der Waals surface area contributed by atoms with Gasteiger partial charge in [0.15, 0.2) is 0 Å². The molecule has 1 heterocycles. The van der Waals surface area contributed by atoms with Crippen LogP contribution in [-0.2, 0) is 0 Å². The molecule has 2 nitrogen and oxygen atoms in total. The van der Waals surface area contributed by atoms with E-state index in [1.54, 1.807) is 0 Å². The van der Waals surface area contributed by atoms with Crippen LogP contribution in [0.3, 0.4) is 0 Å². The maximum Gasteiger partial charge on any atom is 0.0963 e. The lowest BCUT2D eigenvalue weighted by molar-refractivity contribution is 0.176. The lowest BCUT2D eigenvalue weighted by atomic mass is 9.73. The highest BCUT2D eigenvalue weighted by Crippen LogP contribution is 2.42. The highest BCUT2D eigenvalue weighted by Gasteiger charge is 2.38. The number of thioether (sulfide) groups is 1. The van der Waals surface area contributed by atoms with Crippen LogP contribution in [0.15, 0.2) is 27.8 Å². The van der Waals surface area contributed by atoms with Gasteiger partial charge in [-0.25, -0.2) is 4.98 Å². The largest absolute Gasteiger partial charge is 0.313 e. The molecule has 2 atom stereocenters. The van der Waals surface area contributed by atoms with Crippen LogP contribution >= 0.6 is 27.7 Å². The first-order valence-electron chi connectivity index (χ1n) is 7.04. The van der Waals surface area contributed by atoms with Gasteiger partial charge in [0.25, 0.3) is 0 Å². The minimum atomic E-state index is 0.376. The zero-order valence-corrected chi connectivity index (χ0v) is 14.4. The topological polar surface area (TPSA) is 24.9 Å². The summed E-state index contributed by atoms with van der Waals surface area (Å²) in [5.41, 5.74) is 0.376. The van der Waals surface area contributed by atoms with E-state index in [-0.39, 0.29) is 0 Å². The average Bonchev–Trinajstić information content (AvgIpc) is 2.36. The van der Waals surface area contributed by atoms with Crippen molar-refractivity contribution < 1.29 is 0 Å². The molecular weight excluding hydrogens is 320 g/mol. The van der Waals surface area contributed by atoms with Gasteiger partial charge in [0.1, 0.15) is 0 Å². The van der Waals surface area contributed by atoms with Crippen molar-refractivity contribution in [2.24, 2.45) is 5.41 Å². The molecule has 4 heteroatoms. The third-order valence-electron chi connectivity index (χ3n) is 3.92. The van der Waals surface area contributed by atoms with Crippen molar-refractivity contribution in [1.82, 2.24) is 10.3 Å². The van der Waals surface area contributed by atoms with Gasteiger partial charge in [-0.3, -0.25) is 0 Å². The average molecular weight is 343 g/mol. The van der Waals surface area contributed by atoms with E-state index in [1.807, 2.05) is 18.0 Å². The molecule has 0 aliphatic heterocycles. The molecule has 1 N–H and O–H groups in total. The lowest BCUT2D eigenvalue weighted by Crippen LogP contribution is -2.51. The Bertz CT molecular complexity index is 405. The Kier molecular flexibility index (Phi) is 5.32. The Labute approximate surface area is 129 Å². The molecule has 0 saturated heterocycles. The molecule has 19 heavy (non-hydrogen) atoms. The quantitative estimate of drug-likeness (QED) is 0.872. The van der Waals surface area contributed by atoms with Gasteiger partial charge in [-0.1, -0.05) is 27.2 Å². The van der Waals surface area contributed by atoms with E-state index in [9.17, 15) is 0 Å². The zero-order valence-electron chi connectivity index (χ0n) is 11.9. The third kappa shape index (κ3) is 3.96. The highest BCUT2D eigenvalue weighted by molar-refractivity contribution is 9.10. The summed E-state index contributed by atoms with van der Waals surface area (Å²) in [5, 5.41) is 5.45. The van der Waals surface area contributed by atoms with Gasteiger partial charge in [0, 0.05) is 22.0 Å². The van der Waals surface area contributed by atoms with E-state index in [0.29, 0.717) is 16.7 Å². The molecule has 2 rings (SSSR count). The van der Waals surface area contributed by atoms with Gasteiger partial charge in [0.05, 0.1) is 5.03 Å². The lowest BCUT2D eigenvalue weighted by Gasteiger charge is -2.44. The highest BCUT2D eigenvalue weighted by atomic mass is 79.9. The van der Waals surface area contributed by atoms with Crippen molar-refractivity contribution in [2.75, 3.05) is 6.54 Å². The molecule has 106 valence electrons. The van der Waals surface area contributed by atoms with Crippen molar-refractivity contribution in [2.45, 2.75) is 56.4 Å². The Morgan fingerprint density at radius 3 is 2.89 bits per heavy atom. The Morgan fingerprint density at radius 2 is 2.26 bits per heavy atom. The van der Waals surface area contributed by atoms with Crippen molar-refractivity contribution >= 4 is 27.7 Å². The van der Waals surface area contributed by atoms with E-state index < -0.39 is 0 Å². The van der Waals surface area contributed by atoms with Gasteiger partial charge in [-0.05, 0) is 52.9 Å². The zero-order chi connectivity index (χ0) is 13.9. The van der Waals surface area contributed by atoms with Gasteiger partial charge >= 0.3 is 0 Å². The molecule has 1 aliphatic rings. The standard InChI is InChI=1S/C15H23BrN2S/c1-4-17-14-12(6-5-9-15(14,2)3)19-13-8-7-11(16)10-18-13/h7-8,10,12,14,17H,4-6,9H2,1-3H3. The van der Waals surface area contributed by atoms with E-state index in [4.69, 9.17) is 0 Å². The van der Waals surface area contributed by atoms with Crippen molar-refractivity contribution in [3.8, 4) is 0 Å². The summed E-state index contributed by atoms with van der Waals surface area (Å²) in [6.07, 6.45) is 5.81. The summed E-state index contributed by atoms with van der Waals surface area (Å²) in [5.74, 6) is 0. The van der Waals surface area contributed by atoms with Crippen molar-refractivity contribution in [3.05, 3.63) is 22.8 Å². The number of aromatic nitrogens is 1.